The van der Waals surface area contributed by atoms with Crippen molar-refractivity contribution in [2.24, 2.45) is 0 Å². The minimum Gasteiger partial charge on any atom is -0.496 e. The summed E-state index contributed by atoms with van der Waals surface area (Å²) >= 11 is 0. The molecule has 1 amide bonds. The molecule has 1 aliphatic rings. The second-order valence-corrected chi connectivity index (χ2v) is 7.47. The molecule has 0 radical (unpaired) electrons. The van der Waals surface area contributed by atoms with Gasteiger partial charge >= 0.3 is 0 Å². The molecule has 0 bridgehead atoms. The Morgan fingerprint density at radius 3 is 2.72 bits per heavy atom. The van der Waals surface area contributed by atoms with Crippen LogP contribution in [-0.4, -0.2) is 42.5 Å². The molecule has 3 aromatic rings. The molecule has 150 valence electrons. The first kappa shape index (κ1) is 19.4. The predicted octanol–water partition coefficient (Wildman–Crippen LogP) is 3.74. The third-order valence-electron chi connectivity index (χ3n) is 5.64. The first-order chi connectivity index (χ1) is 14.3. The third-order valence-corrected chi connectivity index (χ3v) is 5.64. The van der Waals surface area contributed by atoms with Gasteiger partial charge in [-0.2, -0.15) is 0 Å². The van der Waals surface area contributed by atoms with Crippen molar-refractivity contribution in [2.45, 2.75) is 25.3 Å². The van der Waals surface area contributed by atoms with Crippen LogP contribution in [0.25, 0.3) is 10.9 Å². The summed E-state index contributed by atoms with van der Waals surface area (Å²) in [6, 6.07) is 18.1. The molecule has 2 heterocycles. The summed E-state index contributed by atoms with van der Waals surface area (Å²) < 4.78 is 5.59. The van der Waals surface area contributed by atoms with Gasteiger partial charge in [-0.1, -0.05) is 42.5 Å². The van der Waals surface area contributed by atoms with Gasteiger partial charge in [0, 0.05) is 23.7 Å². The highest BCUT2D eigenvalue weighted by Crippen LogP contribution is 2.31. The molecular weight excluding hydrogens is 362 g/mol. The van der Waals surface area contributed by atoms with Gasteiger partial charge in [0.1, 0.15) is 5.75 Å². The maximum Gasteiger partial charge on any atom is 0.224 e. The van der Waals surface area contributed by atoms with Gasteiger partial charge in [0.05, 0.1) is 25.1 Å². The quantitative estimate of drug-likeness (QED) is 0.669. The van der Waals surface area contributed by atoms with Crippen molar-refractivity contribution in [2.75, 3.05) is 26.7 Å². The molecule has 0 spiro atoms. The van der Waals surface area contributed by atoms with E-state index in [-0.39, 0.29) is 11.9 Å². The minimum absolute atomic E-state index is 0.0160. The van der Waals surface area contributed by atoms with Crippen molar-refractivity contribution in [3.8, 4) is 5.75 Å². The second-order valence-electron chi connectivity index (χ2n) is 7.47. The maximum atomic E-state index is 12.8. The van der Waals surface area contributed by atoms with Gasteiger partial charge in [-0.05, 0) is 43.6 Å². The molecule has 5 heteroatoms. The van der Waals surface area contributed by atoms with Crippen LogP contribution < -0.4 is 10.1 Å². The van der Waals surface area contributed by atoms with Gasteiger partial charge in [0.15, 0.2) is 0 Å². The summed E-state index contributed by atoms with van der Waals surface area (Å²) in [5.74, 6) is 0.888. The molecule has 1 N–H and O–H groups in total. The molecule has 5 nitrogen and oxygen atoms in total. The van der Waals surface area contributed by atoms with Gasteiger partial charge in [-0.25, -0.2) is 0 Å². The van der Waals surface area contributed by atoms with Crippen molar-refractivity contribution < 1.29 is 9.53 Å². The Kier molecular flexibility index (Phi) is 6.06. The monoisotopic (exact) mass is 389 g/mol. The van der Waals surface area contributed by atoms with E-state index >= 15 is 0 Å². The average molecular weight is 389 g/mol. The van der Waals surface area contributed by atoms with E-state index in [2.05, 4.69) is 21.3 Å². The van der Waals surface area contributed by atoms with Gasteiger partial charge in [0.25, 0.3) is 0 Å². The molecular formula is C24H27N3O2. The van der Waals surface area contributed by atoms with Crippen molar-refractivity contribution in [3.05, 3.63) is 71.9 Å². The molecule has 1 fully saturated rings. The Morgan fingerprint density at radius 1 is 1.10 bits per heavy atom. The summed E-state index contributed by atoms with van der Waals surface area (Å²) in [5.41, 5.74) is 2.98. The normalized spacial score (nSPS) is 15.3. The number of benzene rings is 2. The largest absolute Gasteiger partial charge is 0.496 e. The minimum atomic E-state index is 0.0160. The van der Waals surface area contributed by atoms with Crippen LogP contribution in [0.5, 0.6) is 5.75 Å². The smallest absolute Gasteiger partial charge is 0.224 e. The summed E-state index contributed by atoms with van der Waals surface area (Å²) in [7, 11) is 1.70. The number of amides is 1. The maximum absolute atomic E-state index is 12.8. The zero-order chi connectivity index (χ0) is 20.1. The number of pyridine rings is 1. The highest BCUT2D eigenvalue weighted by Gasteiger charge is 2.26. The lowest BCUT2D eigenvalue weighted by Gasteiger charge is -2.29. The van der Waals surface area contributed by atoms with E-state index < -0.39 is 0 Å². The predicted molar refractivity (Wildman–Crippen MR) is 115 cm³/mol. The molecule has 29 heavy (non-hydrogen) atoms. The van der Waals surface area contributed by atoms with Crippen molar-refractivity contribution in [3.63, 3.8) is 0 Å². The SMILES string of the molecule is COc1ccccc1C(CNC(=O)Cc1cccc2cccnc12)N1CCCC1. The number of hydrogen-bond acceptors (Lipinski definition) is 4. The van der Waals surface area contributed by atoms with Gasteiger partial charge in [0.2, 0.25) is 5.91 Å². The standard InChI is InChI=1S/C24H27N3O2/c1-29-22-12-3-2-11-20(22)21(27-14-4-5-15-27)17-26-23(28)16-19-9-6-8-18-10-7-13-25-24(18)19/h2-3,6-13,21H,4-5,14-17H2,1H3,(H,26,28). The number of ether oxygens (including phenoxy) is 1. The number of methoxy groups -OCH3 is 1. The number of nitrogens with zero attached hydrogens (tertiary/aromatic N) is 2. The van der Waals surface area contributed by atoms with Gasteiger partial charge < -0.3 is 10.1 Å². The molecule has 1 saturated heterocycles. The number of fused-ring (bicyclic) bond motifs is 1. The number of hydrogen-bond donors (Lipinski definition) is 1. The summed E-state index contributed by atoms with van der Waals surface area (Å²) in [4.78, 5) is 19.7. The molecule has 2 aromatic carbocycles. The second kappa shape index (κ2) is 9.05. The first-order valence-corrected chi connectivity index (χ1v) is 10.2. The number of nitrogens with one attached hydrogen (secondary N) is 1. The number of carbonyl (C=O) groups excluding carboxylic acids is 1. The molecule has 1 aromatic heterocycles. The zero-order valence-electron chi connectivity index (χ0n) is 16.8. The lowest BCUT2D eigenvalue weighted by atomic mass is 10.0. The molecule has 1 unspecified atom stereocenters. The van der Waals surface area contributed by atoms with E-state index in [1.807, 2.05) is 48.5 Å². The molecule has 1 aliphatic heterocycles. The van der Waals surface area contributed by atoms with Gasteiger partial charge in [-0.15, -0.1) is 0 Å². The third kappa shape index (κ3) is 4.40. The Morgan fingerprint density at radius 2 is 1.90 bits per heavy atom. The van der Waals surface area contributed by atoms with Crippen LogP contribution in [0, 0.1) is 0 Å². The lowest BCUT2D eigenvalue weighted by Crippen LogP contribution is -2.37. The van der Waals surface area contributed by atoms with Crippen molar-refractivity contribution >= 4 is 16.8 Å². The van der Waals surface area contributed by atoms with Crippen LogP contribution in [0.4, 0.5) is 0 Å². The van der Waals surface area contributed by atoms with E-state index in [4.69, 9.17) is 4.74 Å². The highest BCUT2D eigenvalue weighted by molar-refractivity contribution is 5.87. The Bertz CT molecular complexity index is 977. The van der Waals surface area contributed by atoms with Crippen LogP contribution in [-0.2, 0) is 11.2 Å². The van der Waals surface area contributed by atoms with Crippen LogP contribution in [0.15, 0.2) is 60.8 Å². The number of aromatic nitrogens is 1. The lowest BCUT2D eigenvalue weighted by molar-refractivity contribution is -0.120. The average Bonchev–Trinajstić information content (AvgIpc) is 3.29. The van der Waals surface area contributed by atoms with Crippen LogP contribution in [0.3, 0.4) is 0 Å². The highest BCUT2D eigenvalue weighted by atomic mass is 16.5. The Hall–Kier alpha value is -2.92. The first-order valence-electron chi connectivity index (χ1n) is 10.2. The summed E-state index contributed by atoms with van der Waals surface area (Å²) in [6.45, 7) is 2.66. The van der Waals surface area contributed by atoms with Crippen LogP contribution in [0.2, 0.25) is 0 Å². The molecule has 4 rings (SSSR count). The van der Waals surface area contributed by atoms with E-state index in [1.54, 1.807) is 13.3 Å². The van der Waals surface area contributed by atoms with E-state index in [0.29, 0.717) is 13.0 Å². The van der Waals surface area contributed by atoms with E-state index in [9.17, 15) is 4.79 Å². The summed E-state index contributed by atoms with van der Waals surface area (Å²) in [5, 5.41) is 4.22. The Labute approximate surface area is 171 Å². The van der Waals surface area contributed by atoms with Crippen molar-refractivity contribution in [1.82, 2.24) is 15.2 Å². The zero-order valence-corrected chi connectivity index (χ0v) is 16.8. The fourth-order valence-electron chi connectivity index (χ4n) is 4.19. The molecule has 1 atom stereocenters. The van der Waals surface area contributed by atoms with Gasteiger partial charge in [-0.3, -0.25) is 14.7 Å². The fourth-order valence-corrected chi connectivity index (χ4v) is 4.19. The topological polar surface area (TPSA) is 54.5 Å². The fraction of sp³-hybridized carbons (Fsp3) is 0.333. The summed E-state index contributed by atoms with van der Waals surface area (Å²) in [6.07, 6.45) is 4.49. The molecule has 0 aliphatic carbocycles. The number of likely N-dealkylation sites (tertiary alicyclic amines) is 1. The van der Waals surface area contributed by atoms with Crippen LogP contribution >= 0.6 is 0 Å². The number of rotatable bonds is 7. The Balaban J connectivity index is 1.49. The van der Waals surface area contributed by atoms with E-state index in [0.717, 1.165) is 40.9 Å². The number of para-hydroxylation sites is 2. The van der Waals surface area contributed by atoms with Crippen molar-refractivity contribution in [1.29, 1.82) is 0 Å². The molecule has 0 saturated carbocycles. The number of carbonyl (C=O) groups is 1. The van der Waals surface area contributed by atoms with Crippen LogP contribution in [0.1, 0.15) is 30.0 Å². The van der Waals surface area contributed by atoms with E-state index in [1.165, 1.54) is 12.8 Å².